The number of H-pyrrole nitrogens is 1. The largest absolute Gasteiger partial charge is 0.379 e. The van der Waals surface area contributed by atoms with Gasteiger partial charge in [0.2, 0.25) is 11.9 Å². The highest BCUT2D eigenvalue weighted by molar-refractivity contribution is 14.1. The predicted molar refractivity (Wildman–Crippen MR) is 197 cm³/mol. The lowest BCUT2D eigenvalue weighted by Gasteiger charge is -2.26. The Balaban J connectivity index is 0.000000130. The fraction of sp³-hybridized carbons (Fsp3) is 0.312. The first-order valence-corrected chi connectivity index (χ1v) is 17.4. The first-order chi connectivity index (χ1) is 24.8. The zero-order chi connectivity index (χ0) is 35.1. The Morgan fingerprint density at radius 3 is 1.88 bits per heavy atom. The molecule has 2 fully saturated rings. The van der Waals surface area contributed by atoms with E-state index in [2.05, 4.69) is 88.6 Å². The first-order valence-electron chi connectivity index (χ1n) is 16.1. The highest BCUT2D eigenvalue weighted by Gasteiger charge is 2.25. The molecule has 0 aliphatic carbocycles. The van der Waals surface area contributed by atoms with E-state index in [4.69, 9.17) is 9.47 Å². The van der Waals surface area contributed by atoms with Crippen molar-refractivity contribution >= 4 is 79.2 Å². The maximum Gasteiger partial charge on any atom is 0.229 e. The summed E-state index contributed by atoms with van der Waals surface area (Å²) in [5.74, 6) is 1.02. The van der Waals surface area contributed by atoms with Crippen LogP contribution >= 0.6 is 22.6 Å². The van der Waals surface area contributed by atoms with E-state index >= 15 is 0 Å². The molecule has 2 aliphatic rings. The van der Waals surface area contributed by atoms with Crippen molar-refractivity contribution in [1.29, 1.82) is 0 Å². The second-order valence-electron chi connectivity index (χ2n) is 12.2. The van der Waals surface area contributed by atoms with Crippen molar-refractivity contribution in [2.45, 2.75) is 37.7 Å². The van der Waals surface area contributed by atoms with Gasteiger partial charge in [-0.3, -0.25) is 5.10 Å². The standard InChI is InChI=1S/C16H16N8O.C13H12N8.C3H5IO/c1-9-3-14-18-8-19-23(14)5-13(9)20-16-17-4-12-10(2)22-24(15(12)21-16)11-6-25-7-11;1-7-3-11-15-6-16-21(11)5-10(7)17-13-14-4-9-8(2)19-20-12(9)18-13;4-3-1-5-2-3/h3-5,8,11H,6-7H2,1-2H3,(H,17,20,21);3-6H,1-2H3,(H2,14,17,18,19,20);3H,1-2H2. The quantitative estimate of drug-likeness (QED) is 0.164. The van der Waals surface area contributed by atoms with Crippen LogP contribution < -0.4 is 10.6 Å². The molecule has 260 valence electrons. The second-order valence-corrected chi connectivity index (χ2v) is 13.9. The number of aromatic nitrogens is 14. The van der Waals surface area contributed by atoms with Gasteiger partial charge in [0.15, 0.2) is 22.6 Å². The van der Waals surface area contributed by atoms with Gasteiger partial charge in [0.25, 0.3) is 0 Å². The molecule has 10 heterocycles. The Kier molecular flexibility index (Phi) is 8.82. The second kappa shape index (κ2) is 13.7. The number of aryl methyl sites for hydroxylation is 4. The van der Waals surface area contributed by atoms with Crippen LogP contribution in [0.25, 0.3) is 33.4 Å². The maximum atomic E-state index is 5.29. The molecule has 51 heavy (non-hydrogen) atoms. The van der Waals surface area contributed by atoms with Gasteiger partial charge < -0.3 is 20.1 Å². The number of halogens is 1. The molecule has 10 rings (SSSR count). The van der Waals surface area contributed by atoms with E-state index in [1.165, 1.54) is 12.7 Å². The number of nitrogens with zero attached hydrogens (tertiary/aromatic N) is 13. The van der Waals surface area contributed by atoms with Gasteiger partial charge in [-0.2, -0.15) is 30.4 Å². The molecule has 2 aliphatic heterocycles. The van der Waals surface area contributed by atoms with E-state index in [-0.39, 0.29) is 6.04 Å². The van der Waals surface area contributed by atoms with Crippen LogP contribution in [-0.2, 0) is 9.47 Å². The number of rotatable bonds is 5. The SMILES string of the molecule is Cc1cc2ncnn2cc1Nc1ncc2c(C)[nH]nc2n1.Cc1cc2ncnn2cc1Nc1ncc2c(C)nn(C3COC3)c2n1.IC1COC1. The summed E-state index contributed by atoms with van der Waals surface area (Å²) in [6.07, 6.45) is 10.4. The summed E-state index contributed by atoms with van der Waals surface area (Å²) in [6, 6.07) is 4.16. The third kappa shape index (κ3) is 6.73. The summed E-state index contributed by atoms with van der Waals surface area (Å²) in [5.41, 5.74) is 8.79. The number of anilines is 4. The smallest absolute Gasteiger partial charge is 0.229 e. The lowest BCUT2D eigenvalue weighted by atomic mass is 10.2. The fourth-order valence-electron chi connectivity index (χ4n) is 5.35. The predicted octanol–water partition coefficient (Wildman–Crippen LogP) is 4.38. The third-order valence-corrected chi connectivity index (χ3v) is 9.16. The number of aromatic amines is 1. The van der Waals surface area contributed by atoms with Crippen molar-refractivity contribution in [3.8, 4) is 0 Å². The summed E-state index contributed by atoms with van der Waals surface area (Å²) in [4.78, 5) is 26.2. The van der Waals surface area contributed by atoms with Crippen LogP contribution in [0.5, 0.6) is 0 Å². The molecule has 8 aromatic rings. The Labute approximate surface area is 303 Å². The molecule has 19 heteroatoms. The number of nitrogens with one attached hydrogen (secondary N) is 3. The molecule has 0 spiro atoms. The van der Waals surface area contributed by atoms with Crippen LogP contribution in [0.3, 0.4) is 0 Å². The van der Waals surface area contributed by atoms with Crippen LogP contribution in [0, 0.1) is 27.7 Å². The first kappa shape index (κ1) is 32.8. The number of fused-ring (bicyclic) bond motifs is 4. The van der Waals surface area contributed by atoms with Crippen LogP contribution in [-0.4, -0.2) is 99.5 Å². The summed E-state index contributed by atoms with van der Waals surface area (Å²) < 4.78 is 16.3. The minimum absolute atomic E-state index is 0.243. The van der Waals surface area contributed by atoms with Gasteiger partial charge in [0.05, 0.1) is 70.6 Å². The van der Waals surface area contributed by atoms with E-state index in [9.17, 15) is 0 Å². The number of pyridine rings is 2. The highest BCUT2D eigenvalue weighted by atomic mass is 127. The Morgan fingerprint density at radius 1 is 0.765 bits per heavy atom. The number of hydrogen-bond acceptors (Lipinski definition) is 14. The number of alkyl halides is 1. The Hall–Kier alpha value is -5.41. The van der Waals surface area contributed by atoms with E-state index in [1.54, 1.807) is 15.2 Å². The van der Waals surface area contributed by atoms with Crippen LogP contribution in [0.1, 0.15) is 28.6 Å². The monoisotopic (exact) mass is 800 g/mol. The van der Waals surface area contributed by atoms with Crippen molar-refractivity contribution in [3.63, 3.8) is 0 Å². The average Bonchev–Trinajstić information content (AvgIpc) is 3.88. The highest BCUT2D eigenvalue weighted by Crippen LogP contribution is 2.26. The minimum Gasteiger partial charge on any atom is -0.379 e. The zero-order valence-corrected chi connectivity index (χ0v) is 30.3. The molecular formula is C32H33IN16O2. The van der Waals surface area contributed by atoms with Gasteiger partial charge in [0.1, 0.15) is 18.7 Å². The number of ether oxygens (including phenoxy) is 2. The molecule has 8 aromatic heterocycles. The van der Waals surface area contributed by atoms with Crippen molar-refractivity contribution in [3.05, 3.63) is 72.1 Å². The summed E-state index contributed by atoms with van der Waals surface area (Å²) in [6.45, 7) is 11.2. The molecule has 2 saturated heterocycles. The maximum absolute atomic E-state index is 5.29. The molecular weight excluding hydrogens is 767 g/mol. The van der Waals surface area contributed by atoms with E-state index in [0.29, 0.717) is 30.8 Å². The molecule has 0 bridgehead atoms. The van der Waals surface area contributed by atoms with Crippen LogP contribution in [0.4, 0.5) is 23.3 Å². The lowest BCUT2D eigenvalue weighted by Crippen LogP contribution is -2.31. The minimum atomic E-state index is 0.243. The van der Waals surface area contributed by atoms with Crippen LogP contribution in [0.2, 0.25) is 0 Å². The van der Waals surface area contributed by atoms with Gasteiger partial charge in [-0.15, -0.1) is 0 Å². The molecule has 0 atom stereocenters. The summed E-state index contributed by atoms with van der Waals surface area (Å²) in [5, 5.41) is 28.3. The molecule has 0 unspecified atom stereocenters. The summed E-state index contributed by atoms with van der Waals surface area (Å²) in [7, 11) is 0. The third-order valence-electron chi connectivity index (χ3n) is 8.44. The topological polar surface area (TPSA) is 201 Å². The van der Waals surface area contributed by atoms with Gasteiger partial charge >= 0.3 is 0 Å². The molecule has 0 saturated carbocycles. The molecule has 0 amide bonds. The summed E-state index contributed by atoms with van der Waals surface area (Å²) >= 11 is 2.37. The van der Waals surface area contributed by atoms with Crippen molar-refractivity contribution in [2.75, 3.05) is 37.1 Å². The average molecular weight is 801 g/mol. The van der Waals surface area contributed by atoms with Gasteiger partial charge in [-0.1, -0.05) is 22.6 Å². The fourth-order valence-corrected chi connectivity index (χ4v) is 5.86. The van der Waals surface area contributed by atoms with Gasteiger partial charge in [-0.25, -0.2) is 33.6 Å². The molecule has 18 nitrogen and oxygen atoms in total. The van der Waals surface area contributed by atoms with Crippen molar-refractivity contribution in [1.82, 2.24) is 69.1 Å². The molecule has 3 N–H and O–H groups in total. The zero-order valence-electron chi connectivity index (χ0n) is 28.1. The van der Waals surface area contributed by atoms with Crippen molar-refractivity contribution < 1.29 is 9.47 Å². The Bertz CT molecular complexity index is 2500. The van der Waals surface area contributed by atoms with Gasteiger partial charge in [0, 0.05) is 18.1 Å². The normalized spacial score (nSPS) is 14.5. The molecule has 0 radical (unpaired) electrons. The van der Waals surface area contributed by atoms with Crippen LogP contribution in [0.15, 0.2) is 49.6 Å². The Morgan fingerprint density at radius 2 is 1.33 bits per heavy atom. The van der Waals surface area contributed by atoms with E-state index in [1.807, 2.05) is 63.1 Å². The van der Waals surface area contributed by atoms with Crippen molar-refractivity contribution in [2.24, 2.45) is 0 Å². The molecule has 0 aromatic carbocycles. The van der Waals surface area contributed by atoms with E-state index < -0.39 is 0 Å². The van der Waals surface area contributed by atoms with Gasteiger partial charge in [-0.05, 0) is 51.0 Å². The number of hydrogen-bond donors (Lipinski definition) is 3. The van der Waals surface area contributed by atoms with E-state index in [0.717, 1.165) is 78.7 Å². The lowest BCUT2D eigenvalue weighted by molar-refractivity contribution is -0.0270.